The second-order valence-electron chi connectivity index (χ2n) is 12.9. The number of rotatable bonds is 9. The van der Waals surface area contributed by atoms with Crippen molar-refractivity contribution in [3.8, 4) is 0 Å². The number of hydrogen-bond donors (Lipinski definition) is 1. The smallest absolute Gasteiger partial charge is 0.306 e. The second kappa shape index (κ2) is 13.4. The number of carbonyl (C=O) groups excluding carboxylic acids is 1. The normalized spacial score (nSPS) is 22.0. The first-order valence-corrected chi connectivity index (χ1v) is 16.6. The van der Waals surface area contributed by atoms with E-state index in [9.17, 15) is 14.7 Å². The Morgan fingerprint density at radius 2 is 1.67 bits per heavy atom. The minimum atomic E-state index is -0.781. The summed E-state index contributed by atoms with van der Waals surface area (Å²) in [6.07, 6.45) is 16.1. The van der Waals surface area contributed by atoms with Gasteiger partial charge in [-0.25, -0.2) is 4.98 Å². The van der Waals surface area contributed by atoms with Crippen molar-refractivity contribution in [2.24, 2.45) is 11.3 Å². The number of carbonyl (C=O) groups is 2. The van der Waals surface area contributed by atoms with Crippen LogP contribution in [0.25, 0.3) is 0 Å². The van der Waals surface area contributed by atoms with Crippen LogP contribution in [0.1, 0.15) is 72.8 Å². The Morgan fingerprint density at radius 1 is 0.956 bits per heavy atom. The molecule has 6 rings (SSSR count). The summed E-state index contributed by atoms with van der Waals surface area (Å²) >= 11 is 6.14. The van der Waals surface area contributed by atoms with E-state index in [1.807, 2.05) is 33.7 Å². The van der Waals surface area contributed by atoms with Crippen molar-refractivity contribution in [2.75, 3.05) is 26.2 Å². The molecule has 0 radical (unpaired) electrons. The second-order valence-corrected chi connectivity index (χ2v) is 13.4. The van der Waals surface area contributed by atoms with E-state index < -0.39 is 11.9 Å². The van der Waals surface area contributed by atoms with Gasteiger partial charge in [-0.05, 0) is 74.9 Å². The monoisotopic (exact) mass is 626 g/mol. The Bertz CT molecular complexity index is 1550. The molecule has 1 amide bonds. The number of hydrogen-bond acceptors (Lipinski definition) is 4. The van der Waals surface area contributed by atoms with Gasteiger partial charge in [0, 0.05) is 42.0 Å². The van der Waals surface area contributed by atoms with Gasteiger partial charge >= 0.3 is 5.97 Å². The Kier molecular flexibility index (Phi) is 9.29. The number of allylic oxidation sites excluding steroid dienone is 4. The summed E-state index contributed by atoms with van der Waals surface area (Å²) in [5, 5.41) is 10.2. The third-order valence-electron chi connectivity index (χ3n) is 10.7. The van der Waals surface area contributed by atoms with Crippen LogP contribution in [0.15, 0.2) is 85.2 Å². The molecule has 2 saturated heterocycles. The van der Waals surface area contributed by atoms with Gasteiger partial charge in [-0.1, -0.05) is 85.3 Å². The fraction of sp³-hybridized carbons (Fsp3) is 0.432. The quantitative estimate of drug-likeness (QED) is 0.278. The molecule has 1 unspecified atom stereocenters. The van der Waals surface area contributed by atoms with Crippen LogP contribution in [0.4, 0.5) is 0 Å². The third kappa shape index (κ3) is 6.25. The van der Waals surface area contributed by atoms with Gasteiger partial charge in [-0.2, -0.15) is 0 Å². The molecule has 3 aromatic rings. The van der Waals surface area contributed by atoms with Crippen molar-refractivity contribution < 1.29 is 14.7 Å². The number of aromatic nitrogens is 2. The molecule has 45 heavy (non-hydrogen) atoms. The van der Waals surface area contributed by atoms with Crippen molar-refractivity contribution >= 4 is 23.5 Å². The highest BCUT2D eigenvalue weighted by Crippen LogP contribution is 2.55. The molecule has 0 bridgehead atoms. The fourth-order valence-electron chi connectivity index (χ4n) is 7.93. The molecule has 3 aliphatic rings. The molecule has 3 heterocycles. The highest BCUT2D eigenvalue weighted by atomic mass is 35.5. The lowest BCUT2D eigenvalue weighted by molar-refractivity contribution is -0.143. The summed E-state index contributed by atoms with van der Waals surface area (Å²) in [5.41, 5.74) is 3.93. The summed E-state index contributed by atoms with van der Waals surface area (Å²) < 4.78 is 1.95. The van der Waals surface area contributed by atoms with Gasteiger partial charge in [0.05, 0.1) is 17.9 Å². The predicted molar refractivity (Wildman–Crippen MR) is 177 cm³/mol. The highest BCUT2D eigenvalue weighted by molar-refractivity contribution is 6.30. The molecule has 8 heteroatoms. The maximum Gasteiger partial charge on any atom is 0.306 e. The van der Waals surface area contributed by atoms with Gasteiger partial charge in [-0.3, -0.25) is 14.5 Å². The van der Waals surface area contributed by atoms with Crippen molar-refractivity contribution in [3.63, 3.8) is 0 Å². The van der Waals surface area contributed by atoms with Crippen LogP contribution in [-0.4, -0.2) is 62.5 Å². The molecule has 236 valence electrons. The first-order chi connectivity index (χ1) is 21.8. The minimum Gasteiger partial charge on any atom is -0.481 e. The number of amides is 1. The van der Waals surface area contributed by atoms with Crippen molar-refractivity contribution in [1.29, 1.82) is 0 Å². The number of imidazole rings is 1. The maximum absolute atomic E-state index is 14.1. The zero-order chi connectivity index (χ0) is 31.4. The molecule has 1 atom stereocenters. The summed E-state index contributed by atoms with van der Waals surface area (Å²) in [6, 6.07) is 18.7. The van der Waals surface area contributed by atoms with Crippen molar-refractivity contribution in [2.45, 2.75) is 64.0 Å². The van der Waals surface area contributed by atoms with Gasteiger partial charge in [0.2, 0.25) is 0 Å². The highest BCUT2D eigenvalue weighted by Gasteiger charge is 2.50. The molecular formula is C37H43ClN4O3. The molecule has 1 N–H and O–H groups in total. The number of aliphatic carboxylic acids is 1. The van der Waals surface area contributed by atoms with Gasteiger partial charge in [0.25, 0.3) is 5.91 Å². The molecule has 0 saturated carbocycles. The number of piperidine rings is 2. The first-order valence-electron chi connectivity index (χ1n) is 16.3. The number of benzene rings is 2. The van der Waals surface area contributed by atoms with E-state index in [1.54, 1.807) is 6.33 Å². The van der Waals surface area contributed by atoms with Gasteiger partial charge in [0.1, 0.15) is 5.69 Å². The van der Waals surface area contributed by atoms with E-state index in [0.717, 1.165) is 50.0 Å². The standard InChI is InChI=1S/C37H43ClN4O3/c1-2-36(17-7-4-8-18-36)37(30-9-5-3-6-10-30)19-23-40(24-20-37)26-32-33(34(43)41-21-15-29(16-22-41)35(44)45)42(27-39-32)25-28-11-13-31(38)14-12-28/h3-14,17,27,29H,2,15-16,18-26H2,1H3,(H,44,45). The summed E-state index contributed by atoms with van der Waals surface area (Å²) in [6.45, 7) is 6.13. The van der Waals surface area contributed by atoms with Crippen LogP contribution in [-0.2, 0) is 23.3 Å². The summed E-state index contributed by atoms with van der Waals surface area (Å²) in [5.74, 6) is -1.25. The fourth-order valence-corrected chi connectivity index (χ4v) is 8.05. The van der Waals surface area contributed by atoms with Crippen LogP contribution in [0.5, 0.6) is 0 Å². The van der Waals surface area contributed by atoms with E-state index in [1.165, 1.54) is 5.56 Å². The lowest BCUT2D eigenvalue weighted by Crippen LogP contribution is -2.52. The zero-order valence-corrected chi connectivity index (χ0v) is 26.8. The molecule has 1 aromatic heterocycles. The molecular weight excluding hydrogens is 584 g/mol. The summed E-state index contributed by atoms with van der Waals surface area (Å²) in [7, 11) is 0. The Hall–Kier alpha value is -3.68. The number of halogens is 1. The average Bonchev–Trinajstić information content (AvgIpc) is 3.47. The predicted octanol–water partition coefficient (Wildman–Crippen LogP) is 6.97. The van der Waals surface area contributed by atoms with Crippen molar-refractivity contribution in [3.05, 3.63) is 113 Å². The zero-order valence-electron chi connectivity index (χ0n) is 26.1. The molecule has 2 aromatic carbocycles. The van der Waals surface area contributed by atoms with Crippen LogP contribution >= 0.6 is 11.6 Å². The molecule has 0 spiro atoms. The van der Waals surface area contributed by atoms with Crippen LogP contribution in [0.2, 0.25) is 5.02 Å². The van der Waals surface area contributed by atoms with E-state index in [4.69, 9.17) is 16.6 Å². The first kappa shape index (κ1) is 31.3. The average molecular weight is 627 g/mol. The van der Waals surface area contributed by atoms with Gasteiger partial charge < -0.3 is 14.6 Å². The van der Waals surface area contributed by atoms with E-state index in [-0.39, 0.29) is 16.7 Å². The van der Waals surface area contributed by atoms with E-state index in [2.05, 4.69) is 66.5 Å². The van der Waals surface area contributed by atoms with Crippen LogP contribution in [0, 0.1) is 11.3 Å². The van der Waals surface area contributed by atoms with Crippen LogP contribution < -0.4 is 0 Å². The number of carboxylic acids is 1. The Balaban J connectivity index is 1.25. The van der Waals surface area contributed by atoms with Crippen LogP contribution in [0.3, 0.4) is 0 Å². The molecule has 7 nitrogen and oxygen atoms in total. The molecule has 2 aliphatic heterocycles. The largest absolute Gasteiger partial charge is 0.481 e. The minimum absolute atomic E-state index is 0.0296. The third-order valence-corrected chi connectivity index (χ3v) is 10.9. The topological polar surface area (TPSA) is 78.7 Å². The molecule has 2 fully saturated rings. The maximum atomic E-state index is 14.1. The van der Waals surface area contributed by atoms with E-state index >= 15 is 0 Å². The number of carboxylic acid groups (broad SMARTS) is 1. The van der Waals surface area contributed by atoms with E-state index in [0.29, 0.717) is 49.7 Å². The van der Waals surface area contributed by atoms with Gasteiger partial charge in [0.15, 0.2) is 0 Å². The lowest BCUT2D eigenvalue weighted by atomic mass is 9.52. The number of likely N-dealkylation sites (tertiary alicyclic amines) is 2. The SMILES string of the molecule is CCC1(C2(c3ccccc3)CCN(Cc3ncn(Cc4ccc(Cl)cc4)c3C(=O)N3CCC(C(=O)O)CC3)CC2)C=CC=CC1. The number of nitrogens with zero attached hydrogens (tertiary/aromatic N) is 4. The van der Waals surface area contributed by atoms with Crippen molar-refractivity contribution in [1.82, 2.24) is 19.4 Å². The molecule has 1 aliphatic carbocycles. The lowest BCUT2D eigenvalue weighted by Gasteiger charge is -2.54. The summed E-state index contributed by atoms with van der Waals surface area (Å²) in [4.78, 5) is 34.8. The van der Waals surface area contributed by atoms with Gasteiger partial charge in [-0.15, -0.1) is 0 Å². The Morgan fingerprint density at radius 3 is 2.29 bits per heavy atom. The Labute approximate surface area is 271 Å².